The van der Waals surface area contributed by atoms with Gasteiger partial charge in [-0.05, 0) is 6.07 Å². The number of nitrogens with zero attached hydrogens (tertiary/aromatic N) is 3. The number of rotatable bonds is 3. The Morgan fingerprint density at radius 1 is 0.522 bits per heavy atom. The molecule has 0 atom stereocenters. The molecule has 0 amide bonds. The molecule has 0 bridgehead atoms. The average Bonchev–Trinajstić information content (AvgIpc) is 3.18. The van der Waals surface area contributed by atoms with Gasteiger partial charge in [0.25, 0.3) is 0 Å². The molecule has 0 N–H and O–H groups in total. The van der Waals surface area contributed by atoms with E-state index in [1.807, 2.05) is 66.7 Å². The molecule has 0 saturated carbocycles. The number of hydrogen-bond donors (Lipinski definition) is 0. The summed E-state index contributed by atoms with van der Waals surface area (Å²) in [5.74, 6) is 1.90. The summed E-state index contributed by atoms with van der Waals surface area (Å²) in [4.78, 5) is 13.8. The average molecular weight is 299 g/mol. The number of furan rings is 1. The highest BCUT2D eigenvalue weighted by atomic mass is 16.3. The van der Waals surface area contributed by atoms with Crippen LogP contribution < -0.4 is 0 Å². The van der Waals surface area contributed by atoms with E-state index < -0.39 is 0 Å². The van der Waals surface area contributed by atoms with Crippen molar-refractivity contribution >= 4 is 0 Å². The second kappa shape index (κ2) is 5.85. The Morgan fingerprint density at radius 3 is 1.43 bits per heavy atom. The van der Waals surface area contributed by atoms with Crippen LogP contribution in [0.3, 0.4) is 0 Å². The highest BCUT2D eigenvalue weighted by molar-refractivity contribution is 5.65. The van der Waals surface area contributed by atoms with Crippen LogP contribution in [0.1, 0.15) is 0 Å². The zero-order valence-electron chi connectivity index (χ0n) is 12.3. The lowest BCUT2D eigenvalue weighted by molar-refractivity contribution is 0.568. The minimum Gasteiger partial charge on any atom is -0.472 e. The van der Waals surface area contributed by atoms with Gasteiger partial charge < -0.3 is 4.42 Å². The molecule has 4 rings (SSSR count). The first kappa shape index (κ1) is 13.4. The van der Waals surface area contributed by atoms with Crippen LogP contribution in [-0.2, 0) is 0 Å². The molecular formula is C19H13N3O. The van der Waals surface area contributed by atoms with Crippen LogP contribution in [0, 0.1) is 0 Å². The molecule has 110 valence electrons. The number of hydrogen-bond acceptors (Lipinski definition) is 4. The summed E-state index contributed by atoms with van der Waals surface area (Å²) in [7, 11) is 0. The van der Waals surface area contributed by atoms with Crippen LogP contribution in [0.4, 0.5) is 0 Å². The molecule has 4 aromatic rings. The van der Waals surface area contributed by atoms with Crippen molar-refractivity contribution < 1.29 is 4.42 Å². The fourth-order valence-electron chi connectivity index (χ4n) is 2.33. The van der Waals surface area contributed by atoms with Gasteiger partial charge in [-0.1, -0.05) is 60.7 Å². The van der Waals surface area contributed by atoms with Crippen LogP contribution in [0.25, 0.3) is 34.2 Å². The van der Waals surface area contributed by atoms with Crippen molar-refractivity contribution in [2.75, 3.05) is 0 Å². The van der Waals surface area contributed by atoms with Gasteiger partial charge in [-0.2, -0.15) is 0 Å². The lowest BCUT2D eigenvalue weighted by Gasteiger charge is -2.06. The van der Waals surface area contributed by atoms with Gasteiger partial charge in [0.05, 0.1) is 11.8 Å². The van der Waals surface area contributed by atoms with Gasteiger partial charge >= 0.3 is 0 Å². The van der Waals surface area contributed by atoms with Gasteiger partial charge in [0.2, 0.25) is 0 Å². The first-order valence-corrected chi connectivity index (χ1v) is 7.30. The molecule has 0 aliphatic heterocycles. The third-order valence-electron chi connectivity index (χ3n) is 3.48. The van der Waals surface area contributed by atoms with Crippen molar-refractivity contribution in [3.8, 4) is 34.2 Å². The number of aromatic nitrogens is 3. The van der Waals surface area contributed by atoms with E-state index in [0.717, 1.165) is 16.7 Å². The minimum absolute atomic E-state index is 0.603. The van der Waals surface area contributed by atoms with E-state index in [1.165, 1.54) is 0 Å². The van der Waals surface area contributed by atoms with Crippen LogP contribution in [0.15, 0.2) is 83.7 Å². The molecule has 2 heterocycles. The van der Waals surface area contributed by atoms with Crippen LogP contribution in [0.2, 0.25) is 0 Å². The fourth-order valence-corrected chi connectivity index (χ4v) is 2.33. The molecule has 0 spiro atoms. The zero-order valence-corrected chi connectivity index (χ0v) is 12.3. The Hall–Kier alpha value is -3.27. The van der Waals surface area contributed by atoms with E-state index in [1.54, 1.807) is 12.5 Å². The Bertz CT molecular complexity index is 846. The molecule has 0 radical (unpaired) electrons. The molecule has 0 fully saturated rings. The summed E-state index contributed by atoms with van der Waals surface area (Å²) in [5, 5.41) is 0. The standard InChI is InChI=1S/C19H13N3O/c1-3-7-14(8-4-1)17-20-18(15-9-5-2-6-10-15)22-19(21-17)16-11-12-23-13-16/h1-13H. The van der Waals surface area contributed by atoms with Gasteiger partial charge in [-0.3, -0.25) is 0 Å². The van der Waals surface area contributed by atoms with E-state index in [9.17, 15) is 0 Å². The summed E-state index contributed by atoms with van der Waals surface area (Å²) in [6.07, 6.45) is 3.25. The molecule has 2 aromatic heterocycles. The maximum Gasteiger partial charge on any atom is 0.167 e. The maximum atomic E-state index is 5.16. The quantitative estimate of drug-likeness (QED) is 0.560. The summed E-state index contributed by atoms with van der Waals surface area (Å²) >= 11 is 0. The van der Waals surface area contributed by atoms with E-state index in [-0.39, 0.29) is 0 Å². The molecule has 4 nitrogen and oxygen atoms in total. The topological polar surface area (TPSA) is 51.8 Å². The third kappa shape index (κ3) is 2.74. The second-order valence-corrected chi connectivity index (χ2v) is 5.05. The highest BCUT2D eigenvalue weighted by Crippen LogP contribution is 2.24. The van der Waals surface area contributed by atoms with Crippen molar-refractivity contribution in [2.45, 2.75) is 0 Å². The molecule has 0 unspecified atom stereocenters. The largest absolute Gasteiger partial charge is 0.472 e. The Morgan fingerprint density at radius 2 is 1.00 bits per heavy atom. The van der Waals surface area contributed by atoms with Crippen LogP contribution in [0.5, 0.6) is 0 Å². The van der Waals surface area contributed by atoms with Crippen molar-refractivity contribution in [3.63, 3.8) is 0 Å². The molecule has 2 aromatic carbocycles. The highest BCUT2D eigenvalue weighted by Gasteiger charge is 2.12. The Kier molecular flexibility index (Phi) is 3.41. The van der Waals surface area contributed by atoms with E-state index in [4.69, 9.17) is 4.42 Å². The van der Waals surface area contributed by atoms with Crippen LogP contribution in [-0.4, -0.2) is 15.0 Å². The lowest BCUT2D eigenvalue weighted by atomic mass is 10.2. The fraction of sp³-hybridized carbons (Fsp3) is 0. The minimum atomic E-state index is 0.603. The predicted molar refractivity (Wildman–Crippen MR) is 88.4 cm³/mol. The Labute approximate surface area is 133 Å². The first-order chi connectivity index (χ1) is 11.4. The second-order valence-electron chi connectivity index (χ2n) is 5.05. The van der Waals surface area contributed by atoms with Gasteiger partial charge in [0.1, 0.15) is 6.26 Å². The van der Waals surface area contributed by atoms with Gasteiger partial charge in [-0.15, -0.1) is 0 Å². The van der Waals surface area contributed by atoms with Crippen molar-refractivity contribution in [3.05, 3.63) is 79.3 Å². The van der Waals surface area contributed by atoms with E-state index in [2.05, 4.69) is 15.0 Å². The molecule has 4 heteroatoms. The smallest absolute Gasteiger partial charge is 0.167 e. The number of benzene rings is 2. The van der Waals surface area contributed by atoms with Gasteiger partial charge in [-0.25, -0.2) is 15.0 Å². The predicted octanol–water partition coefficient (Wildman–Crippen LogP) is 4.47. The summed E-state index contributed by atoms with van der Waals surface area (Å²) in [6, 6.07) is 21.6. The normalized spacial score (nSPS) is 10.6. The zero-order chi connectivity index (χ0) is 15.5. The summed E-state index contributed by atoms with van der Waals surface area (Å²) in [5.41, 5.74) is 2.75. The molecular weight excluding hydrogens is 286 g/mol. The van der Waals surface area contributed by atoms with Crippen molar-refractivity contribution in [1.82, 2.24) is 15.0 Å². The Balaban J connectivity index is 1.91. The monoisotopic (exact) mass is 299 g/mol. The third-order valence-corrected chi connectivity index (χ3v) is 3.48. The lowest BCUT2D eigenvalue weighted by Crippen LogP contribution is -1.99. The molecule has 0 aliphatic carbocycles. The molecule has 0 saturated heterocycles. The summed E-state index contributed by atoms with van der Waals surface area (Å²) in [6.45, 7) is 0. The molecule has 0 aliphatic rings. The van der Waals surface area contributed by atoms with Gasteiger partial charge in [0, 0.05) is 11.1 Å². The molecule has 23 heavy (non-hydrogen) atoms. The first-order valence-electron chi connectivity index (χ1n) is 7.30. The van der Waals surface area contributed by atoms with E-state index in [0.29, 0.717) is 17.5 Å². The van der Waals surface area contributed by atoms with E-state index >= 15 is 0 Å². The van der Waals surface area contributed by atoms with Crippen LogP contribution >= 0.6 is 0 Å². The van der Waals surface area contributed by atoms with Gasteiger partial charge in [0.15, 0.2) is 17.5 Å². The maximum absolute atomic E-state index is 5.16. The SMILES string of the molecule is c1ccc(-c2nc(-c3ccccc3)nc(-c3ccoc3)n2)cc1. The summed E-state index contributed by atoms with van der Waals surface area (Å²) < 4.78 is 5.16. The van der Waals surface area contributed by atoms with Crippen molar-refractivity contribution in [1.29, 1.82) is 0 Å². The van der Waals surface area contributed by atoms with Crippen molar-refractivity contribution in [2.24, 2.45) is 0 Å².